The number of carbonyl (C=O) groups is 4. The van der Waals surface area contributed by atoms with E-state index < -0.39 is 18.2 Å². The number of aryl methyl sites for hydroxylation is 1. The van der Waals surface area contributed by atoms with Crippen LogP contribution in [0.15, 0.2) is 30.3 Å². The third-order valence-electron chi connectivity index (χ3n) is 7.51. The molecule has 2 atom stereocenters. The van der Waals surface area contributed by atoms with E-state index in [4.69, 9.17) is 9.47 Å². The van der Waals surface area contributed by atoms with Gasteiger partial charge in [-0.2, -0.15) is 0 Å². The summed E-state index contributed by atoms with van der Waals surface area (Å²) >= 11 is 0. The Morgan fingerprint density at radius 1 is 1.17 bits per heavy atom. The number of nitrogens with zero attached hydrogens (tertiary/aromatic N) is 3. The average molecular weight is 494 g/mol. The zero-order valence-electron chi connectivity index (χ0n) is 21.1. The van der Waals surface area contributed by atoms with Gasteiger partial charge in [-0.05, 0) is 51.8 Å². The summed E-state index contributed by atoms with van der Waals surface area (Å²) in [5, 5.41) is 0. The number of hydrogen-bond acceptors (Lipinski definition) is 6. The van der Waals surface area contributed by atoms with Gasteiger partial charge in [0.15, 0.2) is 6.61 Å². The minimum atomic E-state index is -1.56. The molecule has 5 rings (SSSR count). The minimum Gasteiger partial charge on any atom is -0.454 e. The summed E-state index contributed by atoms with van der Waals surface area (Å²) < 4.78 is 12.9. The van der Waals surface area contributed by atoms with Crippen molar-refractivity contribution < 1.29 is 28.7 Å². The van der Waals surface area contributed by atoms with Gasteiger partial charge in [0, 0.05) is 42.9 Å². The number of hydrogen-bond donors (Lipinski definition) is 0. The van der Waals surface area contributed by atoms with Crippen molar-refractivity contribution in [3.63, 3.8) is 0 Å². The van der Waals surface area contributed by atoms with E-state index in [2.05, 4.69) is 0 Å². The van der Waals surface area contributed by atoms with Crippen LogP contribution in [0.2, 0.25) is 0 Å². The van der Waals surface area contributed by atoms with E-state index in [-0.39, 0.29) is 42.5 Å². The molecule has 0 N–H and O–H groups in total. The maximum absolute atomic E-state index is 13.7. The van der Waals surface area contributed by atoms with Gasteiger partial charge in [-0.1, -0.05) is 12.1 Å². The zero-order valence-corrected chi connectivity index (χ0v) is 21.1. The van der Waals surface area contributed by atoms with Crippen molar-refractivity contribution in [3.8, 4) is 0 Å². The van der Waals surface area contributed by atoms with Gasteiger partial charge in [-0.25, -0.2) is 4.79 Å². The summed E-state index contributed by atoms with van der Waals surface area (Å²) in [6.07, 6.45) is 1.77. The summed E-state index contributed by atoms with van der Waals surface area (Å²) in [7, 11) is 1.63. The van der Waals surface area contributed by atoms with Crippen LogP contribution >= 0.6 is 0 Å². The highest BCUT2D eigenvalue weighted by Crippen LogP contribution is 2.49. The lowest BCUT2D eigenvalue weighted by molar-refractivity contribution is -0.156. The van der Waals surface area contributed by atoms with Crippen molar-refractivity contribution in [2.24, 2.45) is 0 Å². The van der Waals surface area contributed by atoms with Gasteiger partial charge in [0.2, 0.25) is 17.4 Å². The molecule has 1 aromatic heterocycles. The maximum Gasteiger partial charge on any atom is 0.354 e. The Hall–Kier alpha value is -3.46. The molecule has 1 aliphatic carbocycles. The molecule has 9 nitrogen and oxygen atoms in total. The highest BCUT2D eigenvalue weighted by Gasteiger charge is 2.64. The monoisotopic (exact) mass is 493 g/mol. The SMILES string of the molecule is COC[C@H](C)n1c(C)cc(C(=O)COC(=O)[C@@]23CCC(=O)N2c2ccccc2C(=O)N3C2CC2)c1C. The average Bonchev–Trinajstić information content (AvgIpc) is 3.56. The highest BCUT2D eigenvalue weighted by atomic mass is 16.5. The summed E-state index contributed by atoms with van der Waals surface area (Å²) in [5.41, 5.74) is 1.41. The minimum absolute atomic E-state index is 0.0384. The van der Waals surface area contributed by atoms with Crippen LogP contribution in [0, 0.1) is 13.8 Å². The number of methoxy groups -OCH3 is 1. The Bertz CT molecular complexity index is 1260. The fourth-order valence-electron chi connectivity index (χ4n) is 5.89. The number of amides is 2. The van der Waals surface area contributed by atoms with E-state index in [1.807, 2.05) is 25.3 Å². The molecule has 0 spiro atoms. The molecule has 190 valence electrons. The molecule has 0 bridgehead atoms. The van der Waals surface area contributed by atoms with Gasteiger partial charge in [-0.15, -0.1) is 0 Å². The number of ketones is 1. The van der Waals surface area contributed by atoms with Crippen LogP contribution in [0.4, 0.5) is 5.69 Å². The van der Waals surface area contributed by atoms with E-state index in [0.29, 0.717) is 23.4 Å². The molecule has 1 saturated carbocycles. The number of para-hydroxylation sites is 1. The van der Waals surface area contributed by atoms with Crippen LogP contribution in [0.5, 0.6) is 0 Å². The van der Waals surface area contributed by atoms with Crippen LogP contribution in [-0.4, -0.2) is 65.1 Å². The Morgan fingerprint density at radius 2 is 1.89 bits per heavy atom. The Balaban J connectivity index is 1.43. The molecular formula is C27H31N3O6. The maximum atomic E-state index is 13.7. The first-order valence-corrected chi connectivity index (χ1v) is 12.4. The summed E-state index contributed by atoms with van der Waals surface area (Å²) in [5.74, 6) is -1.59. The number of rotatable bonds is 8. The largest absolute Gasteiger partial charge is 0.454 e. The number of carbonyl (C=O) groups excluding carboxylic acids is 4. The Kier molecular flexibility index (Phi) is 5.98. The number of benzene rings is 1. The normalized spacial score (nSPS) is 21.9. The predicted molar refractivity (Wildman–Crippen MR) is 131 cm³/mol. The van der Waals surface area contributed by atoms with Gasteiger partial charge >= 0.3 is 5.97 Å². The molecule has 36 heavy (non-hydrogen) atoms. The highest BCUT2D eigenvalue weighted by molar-refractivity contribution is 6.16. The number of anilines is 1. The van der Waals surface area contributed by atoms with Gasteiger partial charge in [-0.3, -0.25) is 19.3 Å². The molecule has 3 aliphatic rings. The van der Waals surface area contributed by atoms with Crippen molar-refractivity contribution in [2.45, 2.75) is 64.2 Å². The first kappa shape index (κ1) is 24.2. The van der Waals surface area contributed by atoms with E-state index in [9.17, 15) is 19.2 Å². The quantitative estimate of drug-likeness (QED) is 0.414. The van der Waals surface area contributed by atoms with E-state index in [0.717, 1.165) is 24.2 Å². The fourth-order valence-corrected chi connectivity index (χ4v) is 5.89. The Labute approximate surface area is 209 Å². The Morgan fingerprint density at radius 3 is 2.58 bits per heavy atom. The van der Waals surface area contributed by atoms with Crippen molar-refractivity contribution in [2.75, 3.05) is 25.2 Å². The van der Waals surface area contributed by atoms with Crippen molar-refractivity contribution in [1.29, 1.82) is 0 Å². The molecular weight excluding hydrogens is 462 g/mol. The summed E-state index contributed by atoms with van der Waals surface area (Å²) in [6, 6.07) is 8.54. The third kappa shape index (κ3) is 3.56. The molecule has 9 heteroatoms. The van der Waals surface area contributed by atoms with Crippen LogP contribution in [0.1, 0.15) is 70.8 Å². The van der Waals surface area contributed by atoms with Crippen LogP contribution in [0.25, 0.3) is 0 Å². The van der Waals surface area contributed by atoms with Crippen molar-refractivity contribution in [1.82, 2.24) is 9.47 Å². The second-order valence-electron chi connectivity index (χ2n) is 9.93. The second kappa shape index (κ2) is 8.89. The molecule has 0 radical (unpaired) electrons. The first-order valence-electron chi connectivity index (χ1n) is 12.4. The molecule has 2 fully saturated rings. The van der Waals surface area contributed by atoms with Gasteiger partial charge < -0.3 is 18.9 Å². The van der Waals surface area contributed by atoms with Crippen LogP contribution in [0.3, 0.4) is 0 Å². The van der Waals surface area contributed by atoms with Gasteiger partial charge in [0.05, 0.1) is 23.9 Å². The third-order valence-corrected chi connectivity index (χ3v) is 7.51. The first-order chi connectivity index (χ1) is 17.2. The fraction of sp³-hybridized carbons (Fsp3) is 0.481. The van der Waals surface area contributed by atoms with Crippen LogP contribution < -0.4 is 4.90 Å². The number of aromatic nitrogens is 1. The summed E-state index contributed by atoms with van der Waals surface area (Å²) in [6.45, 7) is 5.81. The smallest absolute Gasteiger partial charge is 0.354 e. The van der Waals surface area contributed by atoms with Crippen molar-refractivity contribution in [3.05, 3.63) is 52.8 Å². The van der Waals surface area contributed by atoms with E-state index >= 15 is 0 Å². The lowest BCUT2D eigenvalue weighted by Crippen LogP contribution is -2.69. The molecule has 0 unspecified atom stereocenters. The van der Waals surface area contributed by atoms with Crippen LogP contribution in [-0.2, 0) is 19.1 Å². The number of ether oxygens (including phenoxy) is 2. The van der Waals surface area contributed by atoms with Gasteiger partial charge in [0.25, 0.3) is 5.91 Å². The topological polar surface area (TPSA) is 98.1 Å². The molecule has 1 saturated heterocycles. The number of Topliss-reactive ketones (excluding diaryl/α,β-unsaturated/α-hetero) is 1. The van der Waals surface area contributed by atoms with E-state index in [1.165, 1.54) is 9.80 Å². The molecule has 2 aromatic rings. The van der Waals surface area contributed by atoms with Crippen molar-refractivity contribution >= 4 is 29.3 Å². The molecule has 1 aromatic carbocycles. The molecule has 3 heterocycles. The standard InChI is InChI=1S/C27H31N3O6/c1-16-13-21(18(3)28(16)17(2)14-35-4)23(31)15-36-26(34)27-12-11-24(32)30(27)22-8-6-5-7-20(22)25(33)29(27)19-9-10-19/h5-8,13,17,19H,9-12,14-15H2,1-4H3/t17-,27+/m0/s1. The zero-order chi connectivity index (χ0) is 25.8. The number of fused-ring (bicyclic) bond motifs is 3. The molecule has 2 amide bonds. The predicted octanol–water partition coefficient (Wildman–Crippen LogP) is 3.18. The lowest BCUT2D eigenvalue weighted by Gasteiger charge is -2.48. The number of esters is 1. The second-order valence-corrected chi connectivity index (χ2v) is 9.93. The summed E-state index contributed by atoms with van der Waals surface area (Å²) in [4.78, 5) is 56.4. The lowest BCUT2D eigenvalue weighted by atomic mass is 9.96. The van der Waals surface area contributed by atoms with E-state index in [1.54, 1.807) is 37.4 Å². The van der Waals surface area contributed by atoms with Gasteiger partial charge in [0.1, 0.15) is 0 Å². The molecule has 2 aliphatic heterocycles.